The Hall–Kier alpha value is -1.02. The highest BCUT2D eigenvalue weighted by molar-refractivity contribution is 6.21. The fraction of sp³-hybridized carbons (Fsp3) is 0.588. The van der Waals surface area contributed by atoms with Gasteiger partial charge in [0.25, 0.3) is 5.91 Å². The first-order valence-corrected chi connectivity index (χ1v) is 8.14. The molecule has 1 unspecified atom stereocenters. The molecule has 1 aromatic carbocycles. The molecule has 0 radical (unpaired) electrons. The maximum Gasteiger partial charge on any atom is 0.251 e. The van der Waals surface area contributed by atoms with E-state index in [-0.39, 0.29) is 11.3 Å². The highest BCUT2D eigenvalue weighted by Gasteiger charge is 2.27. The predicted octanol–water partition coefficient (Wildman–Crippen LogP) is 4.08. The van der Waals surface area contributed by atoms with Crippen molar-refractivity contribution in [1.82, 2.24) is 5.32 Å². The second-order valence-electron chi connectivity index (χ2n) is 6.34. The van der Waals surface area contributed by atoms with Crippen molar-refractivity contribution in [1.29, 1.82) is 0 Å². The lowest BCUT2D eigenvalue weighted by atomic mass is 9.79. The van der Waals surface area contributed by atoms with Crippen LogP contribution in [0.2, 0.25) is 0 Å². The van der Waals surface area contributed by atoms with E-state index in [1.54, 1.807) is 0 Å². The van der Waals surface area contributed by atoms with Gasteiger partial charge in [-0.1, -0.05) is 31.9 Å². The van der Waals surface area contributed by atoms with E-state index in [0.717, 1.165) is 35.6 Å². The Morgan fingerprint density at radius 1 is 1.25 bits per heavy atom. The van der Waals surface area contributed by atoms with E-state index in [1.807, 2.05) is 6.07 Å². The third-order valence-electron chi connectivity index (χ3n) is 4.85. The number of halogens is 1. The van der Waals surface area contributed by atoms with Gasteiger partial charge in [-0.25, -0.2) is 0 Å². The van der Waals surface area contributed by atoms with Gasteiger partial charge in [0, 0.05) is 12.1 Å². The van der Waals surface area contributed by atoms with Gasteiger partial charge < -0.3 is 5.32 Å². The van der Waals surface area contributed by atoms with Crippen molar-refractivity contribution in [3.8, 4) is 0 Å². The molecule has 1 aromatic rings. The lowest BCUT2D eigenvalue weighted by Gasteiger charge is -2.30. The molecule has 1 fully saturated rings. The fourth-order valence-corrected chi connectivity index (χ4v) is 3.84. The zero-order valence-corrected chi connectivity index (χ0v) is 12.7. The number of hydrogen-bond acceptors (Lipinski definition) is 1. The third-order valence-corrected chi connectivity index (χ3v) is 5.46. The number of amides is 1. The highest BCUT2D eigenvalue weighted by Crippen LogP contribution is 2.40. The van der Waals surface area contributed by atoms with E-state index >= 15 is 0 Å². The summed E-state index contributed by atoms with van der Waals surface area (Å²) in [6.45, 7) is 3.07. The molecule has 1 N–H and O–H groups in total. The normalized spacial score (nSPS) is 27.6. The second kappa shape index (κ2) is 5.77. The molecule has 1 aliphatic heterocycles. The van der Waals surface area contributed by atoms with Gasteiger partial charge in [0.1, 0.15) is 0 Å². The molecule has 108 valence electrons. The van der Waals surface area contributed by atoms with Crippen LogP contribution in [0.25, 0.3) is 0 Å². The predicted molar refractivity (Wildman–Crippen MR) is 82.2 cm³/mol. The Balaban J connectivity index is 1.80. The van der Waals surface area contributed by atoms with Crippen LogP contribution in [0.3, 0.4) is 0 Å². The SMILES string of the molecule is CC1CCC(C(Cl)c2ccc3c(c2)C(=O)NCC3)CC1. The van der Waals surface area contributed by atoms with E-state index in [4.69, 9.17) is 11.6 Å². The van der Waals surface area contributed by atoms with Gasteiger partial charge in [0.2, 0.25) is 0 Å². The molecule has 1 aliphatic carbocycles. The van der Waals surface area contributed by atoms with Gasteiger partial charge >= 0.3 is 0 Å². The number of hydrogen-bond donors (Lipinski definition) is 1. The molecular formula is C17H22ClNO. The number of rotatable bonds is 2. The van der Waals surface area contributed by atoms with Crippen LogP contribution in [-0.2, 0) is 6.42 Å². The lowest BCUT2D eigenvalue weighted by Crippen LogP contribution is -2.32. The number of nitrogens with one attached hydrogen (secondary N) is 1. The van der Waals surface area contributed by atoms with Gasteiger partial charge in [-0.05, 0) is 48.3 Å². The van der Waals surface area contributed by atoms with E-state index in [2.05, 4.69) is 24.4 Å². The van der Waals surface area contributed by atoms with Gasteiger partial charge in [0.05, 0.1) is 5.38 Å². The molecule has 20 heavy (non-hydrogen) atoms. The number of benzene rings is 1. The minimum absolute atomic E-state index is 0.0440. The second-order valence-corrected chi connectivity index (χ2v) is 6.81. The van der Waals surface area contributed by atoms with E-state index in [1.165, 1.54) is 25.7 Å². The largest absolute Gasteiger partial charge is 0.352 e. The van der Waals surface area contributed by atoms with Crippen molar-refractivity contribution in [3.63, 3.8) is 0 Å². The Bertz CT molecular complexity index is 506. The number of carbonyl (C=O) groups is 1. The Kier molecular flexibility index (Phi) is 4.02. The Labute approximate surface area is 125 Å². The summed E-state index contributed by atoms with van der Waals surface area (Å²) in [6.07, 6.45) is 5.89. The Morgan fingerprint density at radius 2 is 2.00 bits per heavy atom. The third kappa shape index (κ3) is 2.71. The monoisotopic (exact) mass is 291 g/mol. The van der Waals surface area contributed by atoms with Crippen LogP contribution < -0.4 is 5.32 Å². The highest BCUT2D eigenvalue weighted by atomic mass is 35.5. The molecule has 0 bridgehead atoms. The zero-order chi connectivity index (χ0) is 14.1. The standard InChI is InChI=1S/C17H22ClNO/c1-11-2-4-13(5-3-11)16(18)14-7-6-12-8-9-19-17(20)15(12)10-14/h6-7,10-11,13,16H,2-5,8-9H2,1H3,(H,19,20). The molecule has 0 aromatic heterocycles. The van der Waals surface area contributed by atoms with Crippen LogP contribution in [0, 0.1) is 11.8 Å². The van der Waals surface area contributed by atoms with Crippen molar-refractivity contribution in [3.05, 3.63) is 34.9 Å². The van der Waals surface area contributed by atoms with Crippen molar-refractivity contribution in [2.45, 2.75) is 44.4 Å². The summed E-state index contributed by atoms with van der Waals surface area (Å²) >= 11 is 6.69. The first kappa shape index (κ1) is 13.9. The van der Waals surface area contributed by atoms with E-state index in [9.17, 15) is 4.79 Å². The molecule has 1 atom stereocenters. The van der Waals surface area contributed by atoms with E-state index < -0.39 is 0 Å². The van der Waals surface area contributed by atoms with Gasteiger partial charge in [0.15, 0.2) is 0 Å². The van der Waals surface area contributed by atoms with Crippen LogP contribution in [0.1, 0.15) is 59.5 Å². The zero-order valence-electron chi connectivity index (χ0n) is 12.0. The summed E-state index contributed by atoms with van der Waals surface area (Å²) in [7, 11) is 0. The van der Waals surface area contributed by atoms with Gasteiger partial charge in [-0.2, -0.15) is 0 Å². The smallest absolute Gasteiger partial charge is 0.251 e. The maximum absolute atomic E-state index is 11.9. The summed E-state index contributed by atoms with van der Waals surface area (Å²) in [5.41, 5.74) is 3.09. The summed E-state index contributed by atoms with van der Waals surface area (Å²) in [5, 5.41) is 2.95. The average molecular weight is 292 g/mol. The molecule has 1 saturated carbocycles. The van der Waals surface area contributed by atoms with Crippen LogP contribution >= 0.6 is 11.6 Å². The van der Waals surface area contributed by atoms with E-state index in [0.29, 0.717) is 5.92 Å². The molecule has 0 spiro atoms. The number of fused-ring (bicyclic) bond motifs is 1. The first-order valence-electron chi connectivity index (χ1n) is 7.70. The molecule has 2 nitrogen and oxygen atoms in total. The summed E-state index contributed by atoms with van der Waals surface area (Å²) in [6, 6.07) is 6.22. The molecule has 3 rings (SSSR count). The average Bonchev–Trinajstić information content (AvgIpc) is 2.47. The molecular weight excluding hydrogens is 270 g/mol. The molecule has 1 amide bonds. The van der Waals surface area contributed by atoms with Crippen LogP contribution in [0.5, 0.6) is 0 Å². The van der Waals surface area contributed by atoms with Gasteiger partial charge in [-0.3, -0.25) is 4.79 Å². The first-order chi connectivity index (χ1) is 9.65. The maximum atomic E-state index is 11.9. The van der Waals surface area contributed by atoms with Crippen molar-refractivity contribution < 1.29 is 4.79 Å². The number of carbonyl (C=O) groups excluding carboxylic acids is 1. The molecule has 0 saturated heterocycles. The van der Waals surface area contributed by atoms with Crippen molar-refractivity contribution in [2.75, 3.05) is 6.54 Å². The van der Waals surface area contributed by atoms with Gasteiger partial charge in [-0.15, -0.1) is 11.6 Å². The molecule has 2 aliphatic rings. The van der Waals surface area contributed by atoms with Crippen LogP contribution in [0.15, 0.2) is 18.2 Å². The quantitative estimate of drug-likeness (QED) is 0.817. The fourth-order valence-electron chi connectivity index (χ4n) is 3.45. The lowest BCUT2D eigenvalue weighted by molar-refractivity contribution is 0.0946. The summed E-state index contributed by atoms with van der Waals surface area (Å²) in [4.78, 5) is 11.9. The van der Waals surface area contributed by atoms with Crippen molar-refractivity contribution >= 4 is 17.5 Å². The van der Waals surface area contributed by atoms with Crippen molar-refractivity contribution in [2.24, 2.45) is 11.8 Å². The molecule has 1 heterocycles. The topological polar surface area (TPSA) is 29.1 Å². The Morgan fingerprint density at radius 3 is 2.75 bits per heavy atom. The minimum Gasteiger partial charge on any atom is -0.352 e. The molecule has 3 heteroatoms. The summed E-state index contributed by atoms with van der Waals surface area (Å²) in [5.74, 6) is 1.44. The van der Waals surface area contributed by atoms with Crippen LogP contribution in [0.4, 0.5) is 0 Å². The van der Waals surface area contributed by atoms with Crippen LogP contribution in [-0.4, -0.2) is 12.5 Å². The minimum atomic E-state index is 0.0440. The summed E-state index contributed by atoms with van der Waals surface area (Å²) < 4.78 is 0. The number of alkyl halides is 1.